The van der Waals surface area contributed by atoms with Crippen LogP contribution in [0.25, 0.3) is 11.0 Å². The molecule has 1 fully saturated rings. The molecule has 4 rings (SSSR count). The standard InChI is InChI=1S/C35H45N9O5/c1-24-14-19-43(30(46)12-16-36)22-26(24)21-42(5)31-28-15-20-44(32(28)40-23-39-31)33(47)37-17-6-7-29(45)41-27-10-8-25(9-11-27)13-18-38-34(48)49-35(2,3)4/h8-11,15,20-21,23-24,26H,6-7,12-14,17-19,22H2,1-5H3,(H2-,37,38,41,45,47,48)/p+1/b42-21-/t24-,26?/m1/s1. The summed E-state index contributed by atoms with van der Waals surface area (Å²) in [5.74, 6) is 0.730. The Hall–Kier alpha value is -5.32. The SMILES string of the molecule is C[C@@H]1CCN(C(=O)CC#N)CC1/C=[N+](/C)c1ncnc2c1ccn2C(=O)NCCCC(=O)Nc1ccc(CCNC(=O)OC(C)(C)C)cc1. The number of anilines is 1. The number of amides is 4. The molecule has 0 bridgehead atoms. The van der Waals surface area contributed by atoms with E-state index < -0.39 is 11.7 Å². The molecule has 0 aliphatic carbocycles. The third kappa shape index (κ3) is 10.6. The van der Waals surface area contributed by atoms with Gasteiger partial charge in [0.2, 0.25) is 18.1 Å². The van der Waals surface area contributed by atoms with E-state index >= 15 is 0 Å². The molecule has 2 aromatic heterocycles. The molecule has 3 heterocycles. The summed E-state index contributed by atoms with van der Waals surface area (Å²) < 4.78 is 8.56. The van der Waals surface area contributed by atoms with E-state index in [4.69, 9.17) is 10.00 Å². The van der Waals surface area contributed by atoms with Crippen LogP contribution in [0.15, 0.2) is 42.9 Å². The van der Waals surface area contributed by atoms with Crippen molar-refractivity contribution in [2.45, 2.75) is 65.4 Å². The number of hydrogen-bond acceptors (Lipinski definition) is 8. The predicted octanol–water partition coefficient (Wildman–Crippen LogP) is 4.22. The van der Waals surface area contributed by atoms with Crippen LogP contribution in [0.5, 0.6) is 0 Å². The number of nitrogens with one attached hydrogen (secondary N) is 3. The van der Waals surface area contributed by atoms with Gasteiger partial charge in [0, 0.05) is 50.4 Å². The molecule has 49 heavy (non-hydrogen) atoms. The van der Waals surface area contributed by atoms with Crippen molar-refractivity contribution in [1.82, 2.24) is 30.1 Å². The van der Waals surface area contributed by atoms with Gasteiger partial charge in [-0.3, -0.25) is 14.2 Å². The lowest BCUT2D eigenvalue weighted by Crippen LogP contribution is -2.44. The minimum absolute atomic E-state index is 0.0770. The summed E-state index contributed by atoms with van der Waals surface area (Å²) in [6.45, 7) is 9.48. The van der Waals surface area contributed by atoms with Crippen molar-refractivity contribution < 1.29 is 28.5 Å². The molecule has 2 atom stereocenters. The van der Waals surface area contributed by atoms with E-state index in [9.17, 15) is 19.2 Å². The summed E-state index contributed by atoms with van der Waals surface area (Å²) in [6.07, 6.45) is 6.65. The van der Waals surface area contributed by atoms with Gasteiger partial charge in [-0.25, -0.2) is 14.2 Å². The highest BCUT2D eigenvalue weighted by Gasteiger charge is 2.30. The normalized spacial score (nSPS) is 16.5. The Balaban J connectivity index is 1.24. The van der Waals surface area contributed by atoms with Crippen LogP contribution in [0, 0.1) is 23.2 Å². The van der Waals surface area contributed by atoms with Crippen LogP contribution in [0.4, 0.5) is 21.1 Å². The average molecular weight is 673 g/mol. The van der Waals surface area contributed by atoms with E-state index in [0.29, 0.717) is 67.5 Å². The molecule has 1 aliphatic rings. The Morgan fingerprint density at radius 1 is 1.10 bits per heavy atom. The molecule has 14 nitrogen and oxygen atoms in total. The van der Waals surface area contributed by atoms with Gasteiger partial charge in [-0.05, 0) is 74.7 Å². The molecule has 3 N–H and O–H groups in total. The third-order valence-electron chi connectivity index (χ3n) is 8.20. The smallest absolute Gasteiger partial charge is 0.407 e. The van der Waals surface area contributed by atoms with Crippen molar-refractivity contribution in [3.63, 3.8) is 0 Å². The highest BCUT2D eigenvalue weighted by atomic mass is 16.6. The molecule has 0 radical (unpaired) electrons. The molecule has 0 spiro atoms. The van der Waals surface area contributed by atoms with Gasteiger partial charge in [-0.2, -0.15) is 10.2 Å². The van der Waals surface area contributed by atoms with Crippen LogP contribution in [-0.2, 0) is 20.7 Å². The Bertz CT molecular complexity index is 1720. The lowest BCUT2D eigenvalue weighted by Gasteiger charge is -2.34. The van der Waals surface area contributed by atoms with Crippen LogP contribution < -0.4 is 16.0 Å². The van der Waals surface area contributed by atoms with Crippen LogP contribution in [0.1, 0.15) is 58.9 Å². The van der Waals surface area contributed by atoms with Gasteiger partial charge in [0.1, 0.15) is 17.4 Å². The topological polar surface area (TPSA) is 174 Å². The van der Waals surface area contributed by atoms with E-state index in [2.05, 4.69) is 32.8 Å². The number of carbonyl (C=O) groups is 4. The van der Waals surface area contributed by atoms with Crippen molar-refractivity contribution in [3.05, 3.63) is 48.4 Å². The number of piperidine rings is 1. The highest BCUT2D eigenvalue weighted by molar-refractivity contribution is 5.93. The van der Waals surface area contributed by atoms with Crippen LogP contribution >= 0.6 is 0 Å². The van der Waals surface area contributed by atoms with E-state index in [-0.39, 0.29) is 36.6 Å². The number of aromatic nitrogens is 3. The fraction of sp³-hybridized carbons (Fsp3) is 0.486. The highest BCUT2D eigenvalue weighted by Crippen LogP contribution is 2.25. The first kappa shape index (κ1) is 36.5. The van der Waals surface area contributed by atoms with E-state index in [1.807, 2.05) is 68.9 Å². The summed E-state index contributed by atoms with van der Waals surface area (Å²) in [6, 6.07) is 10.8. The minimum Gasteiger partial charge on any atom is -0.444 e. The number of benzene rings is 1. The minimum atomic E-state index is -0.548. The first-order valence-electron chi connectivity index (χ1n) is 16.5. The number of ether oxygens (including phenoxy) is 1. The van der Waals surface area contributed by atoms with Crippen LogP contribution in [0.2, 0.25) is 0 Å². The number of fused-ring (bicyclic) bond motifs is 1. The van der Waals surface area contributed by atoms with Crippen LogP contribution in [-0.4, -0.2) is 93.0 Å². The summed E-state index contributed by atoms with van der Waals surface area (Å²) in [5.41, 5.74) is 1.57. The van der Waals surface area contributed by atoms with Gasteiger partial charge in [-0.15, -0.1) is 0 Å². The van der Waals surface area contributed by atoms with E-state index in [1.165, 1.54) is 10.9 Å². The maximum atomic E-state index is 13.0. The Labute approximate surface area is 286 Å². The zero-order valence-corrected chi connectivity index (χ0v) is 28.9. The summed E-state index contributed by atoms with van der Waals surface area (Å²) >= 11 is 0. The number of carbonyl (C=O) groups excluding carboxylic acids is 4. The second-order valence-corrected chi connectivity index (χ2v) is 13.2. The van der Waals surface area contributed by atoms with Crippen molar-refractivity contribution in [1.29, 1.82) is 5.26 Å². The molecule has 260 valence electrons. The Morgan fingerprint density at radius 2 is 1.86 bits per heavy atom. The van der Waals surface area contributed by atoms with Crippen molar-refractivity contribution in [2.24, 2.45) is 11.8 Å². The van der Waals surface area contributed by atoms with Gasteiger partial charge in [0.05, 0.1) is 19.3 Å². The lowest BCUT2D eigenvalue weighted by atomic mass is 9.87. The monoisotopic (exact) mass is 672 g/mol. The first-order valence-corrected chi connectivity index (χ1v) is 16.5. The van der Waals surface area contributed by atoms with Gasteiger partial charge in [-0.1, -0.05) is 19.1 Å². The van der Waals surface area contributed by atoms with E-state index in [1.54, 1.807) is 17.2 Å². The fourth-order valence-corrected chi connectivity index (χ4v) is 5.57. The number of hydrogen-bond donors (Lipinski definition) is 3. The maximum Gasteiger partial charge on any atom is 0.407 e. The number of likely N-dealkylation sites (tertiary alicyclic amines) is 1. The number of rotatable bonds is 11. The molecular formula is C35H46N9O5+. The van der Waals surface area contributed by atoms with Crippen molar-refractivity contribution in [3.8, 4) is 6.07 Å². The fourth-order valence-electron chi connectivity index (χ4n) is 5.57. The second-order valence-electron chi connectivity index (χ2n) is 13.2. The lowest BCUT2D eigenvalue weighted by molar-refractivity contribution is -0.405. The molecule has 3 aromatic rings. The quantitative estimate of drug-likeness (QED) is 0.154. The van der Waals surface area contributed by atoms with Gasteiger partial charge < -0.3 is 25.6 Å². The third-order valence-corrected chi connectivity index (χ3v) is 8.20. The van der Waals surface area contributed by atoms with Gasteiger partial charge >= 0.3 is 17.9 Å². The zero-order valence-electron chi connectivity index (χ0n) is 28.9. The molecule has 1 aromatic carbocycles. The molecule has 4 amide bonds. The molecule has 0 saturated carbocycles. The molecule has 1 aliphatic heterocycles. The molecule has 1 saturated heterocycles. The zero-order chi connectivity index (χ0) is 35.6. The summed E-state index contributed by atoms with van der Waals surface area (Å²) in [4.78, 5) is 60.2. The first-order chi connectivity index (χ1) is 23.3. The number of nitriles is 1. The van der Waals surface area contributed by atoms with E-state index in [0.717, 1.165) is 12.0 Å². The van der Waals surface area contributed by atoms with Gasteiger partial charge in [0.25, 0.3) is 0 Å². The summed E-state index contributed by atoms with van der Waals surface area (Å²) in [5, 5.41) is 18.1. The molecular weight excluding hydrogens is 626 g/mol. The van der Waals surface area contributed by atoms with Crippen molar-refractivity contribution in [2.75, 3.05) is 38.5 Å². The maximum absolute atomic E-state index is 13.0. The predicted molar refractivity (Wildman–Crippen MR) is 185 cm³/mol. The van der Waals surface area contributed by atoms with Gasteiger partial charge in [0.15, 0.2) is 5.65 Å². The second kappa shape index (κ2) is 16.7. The number of nitrogens with zero attached hydrogens (tertiary/aromatic N) is 6. The van der Waals surface area contributed by atoms with Crippen LogP contribution in [0.3, 0.4) is 0 Å². The average Bonchev–Trinajstić information content (AvgIpc) is 3.49. The van der Waals surface area contributed by atoms with Crippen molar-refractivity contribution >= 4 is 52.7 Å². The molecule has 14 heteroatoms. The Kier molecular flexibility index (Phi) is 12.4. The largest absolute Gasteiger partial charge is 0.444 e. The Morgan fingerprint density at radius 3 is 2.57 bits per heavy atom. The molecule has 1 unspecified atom stereocenters. The number of alkyl carbamates (subject to hydrolysis) is 1. The summed E-state index contributed by atoms with van der Waals surface area (Å²) in [7, 11) is 1.88.